The maximum atomic E-state index is 4.96. The Labute approximate surface area is 76.0 Å². The molecule has 0 saturated heterocycles. The molecule has 0 fully saturated rings. The van der Waals surface area contributed by atoms with Crippen LogP contribution in [0.15, 0.2) is 42.9 Å². The molecule has 0 unspecified atom stereocenters. The van der Waals surface area contributed by atoms with E-state index in [-0.39, 0.29) is 0 Å². The molecule has 0 bridgehead atoms. The van der Waals surface area contributed by atoms with Crippen molar-refractivity contribution in [3.05, 3.63) is 42.9 Å². The minimum Gasteiger partial charge on any atom is -0.307 e. The third kappa shape index (κ3) is 3.88. The number of nitrogens with two attached hydrogens (primary N) is 1. The average Bonchev–Trinajstić information content (AvgIpc) is 2.74. The Bertz CT molecular complexity index is 265. The van der Waals surface area contributed by atoms with Crippen LogP contribution in [-0.4, -0.2) is 15.2 Å². The van der Waals surface area contributed by atoms with Crippen LogP contribution in [0.25, 0.3) is 0 Å². The van der Waals surface area contributed by atoms with Crippen LogP contribution in [0.5, 0.6) is 0 Å². The van der Waals surface area contributed by atoms with Gasteiger partial charge in [-0.2, -0.15) is 5.10 Å². The Balaban J connectivity index is 0.000000132. The topological polar surface area (TPSA) is 79.6 Å². The molecule has 4 N–H and O–H groups in total. The summed E-state index contributed by atoms with van der Waals surface area (Å²) < 4.78 is 0. The maximum absolute atomic E-state index is 4.96. The van der Waals surface area contributed by atoms with Gasteiger partial charge in [0, 0.05) is 24.7 Å². The van der Waals surface area contributed by atoms with Crippen molar-refractivity contribution < 1.29 is 0 Å². The molecular weight excluding hydrogens is 166 g/mol. The van der Waals surface area contributed by atoms with E-state index in [1.807, 2.05) is 18.2 Å². The summed E-state index contributed by atoms with van der Waals surface area (Å²) in [5.41, 5.74) is 2.36. The van der Waals surface area contributed by atoms with E-state index < -0.39 is 0 Å². The van der Waals surface area contributed by atoms with Crippen LogP contribution in [0.2, 0.25) is 0 Å². The lowest BCUT2D eigenvalue weighted by Crippen LogP contribution is -2.06. The van der Waals surface area contributed by atoms with Crippen molar-refractivity contribution in [3.63, 3.8) is 0 Å². The van der Waals surface area contributed by atoms with Gasteiger partial charge in [0.05, 0.1) is 0 Å². The van der Waals surface area contributed by atoms with Gasteiger partial charge in [0.25, 0.3) is 0 Å². The zero-order chi connectivity index (χ0) is 9.36. The lowest BCUT2D eigenvalue weighted by atomic mass is 10.5. The predicted molar refractivity (Wildman–Crippen MR) is 50.6 cm³/mol. The molecule has 0 spiro atoms. The molecule has 5 heteroatoms. The van der Waals surface area contributed by atoms with E-state index >= 15 is 0 Å². The highest BCUT2D eigenvalue weighted by Crippen LogP contribution is 1.92. The van der Waals surface area contributed by atoms with Gasteiger partial charge in [-0.05, 0) is 12.1 Å². The van der Waals surface area contributed by atoms with Crippen molar-refractivity contribution in [1.29, 1.82) is 0 Å². The zero-order valence-corrected chi connectivity index (χ0v) is 7.01. The zero-order valence-electron chi connectivity index (χ0n) is 7.01. The molecule has 2 aromatic rings. The second-order valence-electron chi connectivity index (χ2n) is 2.13. The fraction of sp³-hybridized carbons (Fsp3) is 0. The fourth-order valence-corrected chi connectivity index (χ4v) is 0.653. The number of anilines is 1. The number of pyridine rings is 1. The highest BCUT2D eigenvalue weighted by atomic mass is 15.3. The van der Waals surface area contributed by atoms with E-state index in [1.165, 1.54) is 0 Å². The summed E-state index contributed by atoms with van der Waals surface area (Å²) in [6.45, 7) is 0. The number of hydrogen-bond donors (Lipinski definition) is 3. The SMILES string of the molecule is NNc1cc[nH]n1.c1ccncc1. The second-order valence-corrected chi connectivity index (χ2v) is 2.13. The monoisotopic (exact) mass is 177 g/mol. The quantitative estimate of drug-likeness (QED) is 0.444. The number of nitrogens with zero attached hydrogens (tertiary/aromatic N) is 2. The summed E-state index contributed by atoms with van der Waals surface area (Å²) in [7, 11) is 0. The molecule has 0 aromatic carbocycles. The van der Waals surface area contributed by atoms with Crippen LogP contribution in [0.1, 0.15) is 0 Å². The minimum absolute atomic E-state index is 0.653. The van der Waals surface area contributed by atoms with Crippen molar-refractivity contribution in [2.45, 2.75) is 0 Å². The van der Waals surface area contributed by atoms with Crippen molar-refractivity contribution in [1.82, 2.24) is 15.2 Å². The lowest BCUT2D eigenvalue weighted by molar-refractivity contribution is 1.08. The van der Waals surface area contributed by atoms with Crippen molar-refractivity contribution in [3.8, 4) is 0 Å². The summed E-state index contributed by atoms with van der Waals surface area (Å²) >= 11 is 0. The van der Waals surface area contributed by atoms with Gasteiger partial charge in [-0.3, -0.25) is 10.1 Å². The first-order valence-corrected chi connectivity index (χ1v) is 3.75. The number of aromatic amines is 1. The van der Waals surface area contributed by atoms with Gasteiger partial charge >= 0.3 is 0 Å². The Kier molecular flexibility index (Phi) is 4.06. The molecule has 2 heterocycles. The molecule has 2 rings (SSSR count). The molecule has 5 nitrogen and oxygen atoms in total. The summed E-state index contributed by atoms with van der Waals surface area (Å²) in [6, 6.07) is 7.45. The molecule has 2 aromatic heterocycles. The van der Waals surface area contributed by atoms with E-state index in [0.717, 1.165) is 0 Å². The van der Waals surface area contributed by atoms with Crippen LogP contribution < -0.4 is 11.3 Å². The van der Waals surface area contributed by atoms with E-state index in [1.54, 1.807) is 24.7 Å². The van der Waals surface area contributed by atoms with E-state index in [4.69, 9.17) is 5.84 Å². The summed E-state index contributed by atoms with van der Waals surface area (Å²) in [5, 5.41) is 6.26. The first-order chi connectivity index (χ1) is 6.43. The Morgan fingerprint density at radius 2 is 2.00 bits per heavy atom. The predicted octanol–water partition coefficient (Wildman–Crippen LogP) is 0.777. The van der Waals surface area contributed by atoms with Crippen molar-refractivity contribution in [2.75, 3.05) is 5.43 Å². The molecule has 0 aliphatic carbocycles. The molecule has 0 saturated carbocycles. The Morgan fingerprint density at radius 3 is 2.23 bits per heavy atom. The number of rotatable bonds is 1. The number of nitrogen functional groups attached to an aromatic ring is 1. The lowest BCUT2D eigenvalue weighted by Gasteiger charge is -1.84. The van der Waals surface area contributed by atoms with Crippen LogP contribution >= 0.6 is 0 Å². The van der Waals surface area contributed by atoms with Gasteiger partial charge in [0.2, 0.25) is 0 Å². The first kappa shape index (κ1) is 9.21. The summed E-state index contributed by atoms with van der Waals surface area (Å²) in [6.07, 6.45) is 5.19. The molecular formula is C8H11N5. The van der Waals surface area contributed by atoms with Crippen molar-refractivity contribution >= 4 is 5.82 Å². The van der Waals surface area contributed by atoms with Gasteiger partial charge in [-0.25, -0.2) is 5.84 Å². The number of hydrazine groups is 1. The van der Waals surface area contributed by atoms with Crippen LogP contribution in [0.4, 0.5) is 5.82 Å². The van der Waals surface area contributed by atoms with Crippen molar-refractivity contribution in [2.24, 2.45) is 5.84 Å². The fourth-order valence-electron chi connectivity index (χ4n) is 0.653. The highest BCUT2D eigenvalue weighted by molar-refractivity contribution is 5.28. The van der Waals surface area contributed by atoms with Gasteiger partial charge in [0.1, 0.15) is 0 Å². The van der Waals surface area contributed by atoms with Gasteiger partial charge in [-0.1, -0.05) is 6.07 Å². The maximum Gasteiger partial charge on any atom is 0.161 e. The number of nitrogens with one attached hydrogen (secondary N) is 2. The standard InChI is InChI=1S/C5H5N.C3H6N4/c1-2-4-6-5-3-1;4-6-3-1-2-5-7-3/h1-5H;1-2H,4H2,(H2,5,6,7). The highest BCUT2D eigenvalue weighted by Gasteiger charge is 1.81. The number of H-pyrrole nitrogens is 1. The van der Waals surface area contributed by atoms with E-state index in [2.05, 4.69) is 20.6 Å². The Hall–Kier alpha value is -1.88. The Morgan fingerprint density at radius 1 is 1.23 bits per heavy atom. The van der Waals surface area contributed by atoms with Crippen LogP contribution in [0.3, 0.4) is 0 Å². The third-order valence-corrected chi connectivity index (χ3v) is 1.22. The van der Waals surface area contributed by atoms with E-state index in [0.29, 0.717) is 5.82 Å². The minimum atomic E-state index is 0.653. The number of aromatic nitrogens is 3. The normalized spacial score (nSPS) is 8.38. The molecule has 0 atom stereocenters. The molecule has 68 valence electrons. The smallest absolute Gasteiger partial charge is 0.161 e. The molecule has 0 aliphatic rings. The van der Waals surface area contributed by atoms with E-state index in [9.17, 15) is 0 Å². The van der Waals surface area contributed by atoms with Gasteiger partial charge < -0.3 is 5.43 Å². The summed E-state index contributed by atoms with van der Waals surface area (Å²) in [4.78, 5) is 3.78. The van der Waals surface area contributed by atoms with Gasteiger partial charge in [-0.15, -0.1) is 0 Å². The first-order valence-electron chi connectivity index (χ1n) is 3.75. The van der Waals surface area contributed by atoms with Crippen LogP contribution in [-0.2, 0) is 0 Å². The van der Waals surface area contributed by atoms with Gasteiger partial charge in [0.15, 0.2) is 5.82 Å². The van der Waals surface area contributed by atoms with Crippen LogP contribution in [0, 0.1) is 0 Å². The molecule has 0 amide bonds. The third-order valence-electron chi connectivity index (χ3n) is 1.22. The summed E-state index contributed by atoms with van der Waals surface area (Å²) in [5.74, 6) is 5.61. The largest absolute Gasteiger partial charge is 0.307 e. The molecule has 13 heavy (non-hydrogen) atoms. The number of hydrogen-bond acceptors (Lipinski definition) is 4. The average molecular weight is 177 g/mol. The molecule has 0 aliphatic heterocycles. The molecule has 0 radical (unpaired) electrons. The second kappa shape index (κ2) is 5.73.